The highest BCUT2D eigenvalue weighted by Gasteiger charge is 2.34. The standard InChI is InChI=1S/C12H24N2O3/c1-11(2,3)17-10(15)14-7-5-12(16,6-8-14)9-13-4/h13,16H,5-9H2,1-4H3. The van der Waals surface area contributed by atoms with Crippen molar-refractivity contribution in [2.45, 2.75) is 44.8 Å². The summed E-state index contributed by atoms with van der Waals surface area (Å²) in [6.07, 6.45) is 0.893. The van der Waals surface area contributed by atoms with Gasteiger partial charge in [0.2, 0.25) is 0 Å². The minimum Gasteiger partial charge on any atom is -0.444 e. The van der Waals surface area contributed by atoms with Gasteiger partial charge in [0.1, 0.15) is 5.60 Å². The van der Waals surface area contributed by atoms with Gasteiger partial charge in [-0.3, -0.25) is 0 Å². The van der Waals surface area contributed by atoms with Crippen LogP contribution in [0.1, 0.15) is 33.6 Å². The largest absolute Gasteiger partial charge is 0.444 e. The fourth-order valence-electron chi connectivity index (χ4n) is 1.94. The Balaban J connectivity index is 2.44. The summed E-state index contributed by atoms with van der Waals surface area (Å²) in [7, 11) is 1.82. The van der Waals surface area contributed by atoms with E-state index in [1.165, 1.54) is 0 Å². The molecule has 1 fully saturated rings. The van der Waals surface area contributed by atoms with Crippen molar-refractivity contribution in [2.75, 3.05) is 26.7 Å². The van der Waals surface area contributed by atoms with Gasteiger partial charge in [0, 0.05) is 19.6 Å². The second-order valence-corrected chi connectivity index (χ2v) is 5.72. The van der Waals surface area contributed by atoms with Gasteiger partial charge in [-0.05, 0) is 40.7 Å². The van der Waals surface area contributed by atoms with Gasteiger partial charge in [-0.15, -0.1) is 0 Å². The molecule has 17 heavy (non-hydrogen) atoms. The maximum atomic E-state index is 11.8. The predicted octanol–water partition coefficient (Wildman–Crippen LogP) is 0.968. The van der Waals surface area contributed by atoms with Gasteiger partial charge in [-0.25, -0.2) is 4.79 Å². The summed E-state index contributed by atoms with van der Waals surface area (Å²) in [4.78, 5) is 13.5. The van der Waals surface area contributed by atoms with Crippen molar-refractivity contribution in [3.63, 3.8) is 0 Å². The fourth-order valence-corrected chi connectivity index (χ4v) is 1.94. The third kappa shape index (κ3) is 4.52. The summed E-state index contributed by atoms with van der Waals surface area (Å²) in [6, 6.07) is 0. The van der Waals surface area contributed by atoms with Gasteiger partial charge < -0.3 is 20.1 Å². The molecule has 1 saturated heterocycles. The van der Waals surface area contributed by atoms with E-state index in [0.717, 1.165) is 0 Å². The smallest absolute Gasteiger partial charge is 0.410 e. The molecular weight excluding hydrogens is 220 g/mol. The number of nitrogens with zero attached hydrogens (tertiary/aromatic N) is 1. The monoisotopic (exact) mass is 244 g/mol. The van der Waals surface area contributed by atoms with Crippen LogP contribution in [0.5, 0.6) is 0 Å². The molecule has 0 spiro atoms. The van der Waals surface area contributed by atoms with E-state index < -0.39 is 11.2 Å². The zero-order valence-electron chi connectivity index (χ0n) is 11.2. The number of carbonyl (C=O) groups excluding carboxylic acids is 1. The topological polar surface area (TPSA) is 61.8 Å². The van der Waals surface area contributed by atoms with E-state index in [0.29, 0.717) is 32.5 Å². The highest BCUT2D eigenvalue weighted by Crippen LogP contribution is 2.22. The number of ether oxygens (including phenoxy) is 1. The van der Waals surface area contributed by atoms with E-state index in [4.69, 9.17) is 4.74 Å². The first kappa shape index (κ1) is 14.3. The van der Waals surface area contributed by atoms with Crippen LogP contribution in [0.3, 0.4) is 0 Å². The van der Waals surface area contributed by atoms with E-state index in [1.807, 2.05) is 27.8 Å². The molecule has 0 aliphatic carbocycles. The molecule has 0 aromatic rings. The number of hydrogen-bond donors (Lipinski definition) is 2. The molecule has 1 aliphatic heterocycles. The van der Waals surface area contributed by atoms with Crippen molar-refractivity contribution >= 4 is 6.09 Å². The number of aliphatic hydroxyl groups is 1. The van der Waals surface area contributed by atoms with Crippen molar-refractivity contribution in [1.29, 1.82) is 0 Å². The number of rotatable bonds is 2. The van der Waals surface area contributed by atoms with Crippen LogP contribution >= 0.6 is 0 Å². The maximum Gasteiger partial charge on any atom is 0.410 e. The van der Waals surface area contributed by atoms with Crippen LogP contribution in [0, 0.1) is 0 Å². The van der Waals surface area contributed by atoms with E-state index in [9.17, 15) is 9.90 Å². The Bertz CT molecular complexity index is 265. The van der Waals surface area contributed by atoms with Crippen LogP contribution in [-0.2, 0) is 4.74 Å². The van der Waals surface area contributed by atoms with E-state index in [2.05, 4.69) is 5.32 Å². The molecule has 1 aliphatic rings. The SMILES string of the molecule is CNCC1(O)CCN(C(=O)OC(C)(C)C)CC1. The van der Waals surface area contributed by atoms with Gasteiger partial charge >= 0.3 is 6.09 Å². The summed E-state index contributed by atoms with van der Waals surface area (Å²) in [5.41, 5.74) is -1.15. The molecule has 0 bridgehead atoms. The second-order valence-electron chi connectivity index (χ2n) is 5.72. The summed E-state index contributed by atoms with van der Waals surface area (Å²) in [5.74, 6) is 0. The predicted molar refractivity (Wildman–Crippen MR) is 65.9 cm³/mol. The highest BCUT2D eigenvalue weighted by atomic mass is 16.6. The maximum absolute atomic E-state index is 11.8. The molecule has 2 N–H and O–H groups in total. The lowest BCUT2D eigenvalue weighted by Gasteiger charge is -2.38. The molecule has 0 radical (unpaired) electrons. The normalized spacial score (nSPS) is 20.2. The lowest BCUT2D eigenvalue weighted by Crippen LogP contribution is -2.51. The molecule has 5 heteroatoms. The minimum atomic E-state index is -0.687. The lowest BCUT2D eigenvalue weighted by molar-refractivity contribution is -0.0300. The van der Waals surface area contributed by atoms with Crippen LogP contribution in [0.25, 0.3) is 0 Å². The van der Waals surface area contributed by atoms with Crippen molar-refractivity contribution in [2.24, 2.45) is 0 Å². The molecule has 5 nitrogen and oxygen atoms in total. The van der Waals surface area contributed by atoms with Crippen molar-refractivity contribution in [3.8, 4) is 0 Å². The van der Waals surface area contributed by atoms with Crippen molar-refractivity contribution < 1.29 is 14.6 Å². The Hall–Kier alpha value is -0.810. The Morgan fingerprint density at radius 3 is 2.35 bits per heavy atom. The Morgan fingerprint density at radius 1 is 1.41 bits per heavy atom. The third-order valence-electron chi connectivity index (χ3n) is 2.85. The Labute approximate surface area is 103 Å². The summed E-state index contributed by atoms with van der Waals surface area (Å²) in [5, 5.41) is 13.1. The molecule has 1 heterocycles. The first-order chi connectivity index (χ1) is 7.76. The van der Waals surface area contributed by atoms with Crippen molar-refractivity contribution in [3.05, 3.63) is 0 Å². The van der Waals surface area contributed by atoms with Gasteiger partial charge in [0.15, 0.2) is 0 Å². The van der Waals surface area contributed by atoms with Gasteiger partial charge in [-0.1, -0.05) is 0 Å². The molecule has 100 valence electrons. The molecular formula is C12H24N2O3. The molecule has 0 aromatic heterocycles. The average Bonchev–Trinajstić information content (AvgIpc) is 2.15. The number of amides is 1. The highest BCUT2D eigenvalue weighted by molar-refractivity contribution is 5.68. The molecule has 1 amide bonds. The lowest BCUT2D eigenvalue weighted by atomic mass is 9.91. The number of hydrogen-bond acceptors (Lipinski definition) is 4. The molecule has 0 atom stereocenters. The third-order valence-corrected chi connectivity index (χ3v) is 2.85. The molecule has 0 unspecified atom stereocenters. The zero-order valence-corrected chi connectivity index (χ0v) is 11.2. The Kier molecular flexibility index (Phi) is 4.38. The van der Waals surface area contributed by atoms with Crippen LogP contribution in [0.15, 0.2) is 0 Å². The number of nitrogens with one attached hydrogen (secondary N) is 1. The average molecular weight is 244 g/mol. The zero-order chi connectivity index (χ0) is 13.1. The fraction of sp³-hybridized carbons (Fsp3) is 0.917. The number of carbonyl (C=O) groups is 1. The van der Waals surface area contributed by atoms with Gasteiger partial charge in [0.05, 0.1) is 5.60 Å². The number of piperidine rings is 1. The summed E-state index contributed by atoms with van der Waals surface area (Å²) in [6.45, 7) is 7.22. The first-order valence-corrected chi connectivity index (χ1v) is 6.11. The van der Waals surface area contributed by atoms with Crippen LogP contribution in [0.2, 0.25) is 0 Å². The van der Waals surface area contributed by atoms with E-state index >= 15 is 0 Å². The van der Waals surface area contributed by atoms with Gasteiger partial charge in [0.25, 0.3) is 0 Å². The van der Waals surface area contributed by atoms with Crippen molar-refractivity contribution in [1.82, 2.24) is 10.2 Å². The molecule has 0 saturated carbocycles. The Morgan fingerprint density at radius 2 is 1.94 bits per heavy atom. The van der Waals surface area contributed by atoms with E-state index in [1.54, 1.807) is 4.90 Å². The number of likely N-dealkylation sites (N-methyl/N-ethyl adjacent to an activating group) is 1. The van der Waals surface area contributed by atoms with Crippen LogP contribution < -0.4 is 5.32 Å². The molecule has 1 rings (SSSR count). The minimum absolute atomic E-state index is 0.288. The summed E-state index contributed by atoms with van der Waals surface area (Å²) < 4.78 is 5.30. The second kappa shape index (κ2) is 5.23. The van der Waals surface area contributed by atoms with Gasteiger partial charge in [-0.2, -0.15) is 0 Å². The van der Waals surface area contributed by atoms with Crippen LogP contribution in [-0.4, -0.2) is 54.0 Å². The van der Waals surface area contributed by atoms with Crippen LogP contribution in [0.4, 0.5) is 4.79 Å². The van der Waals surface area contributed by atoms with E-state index in [-0.39, 0.29) is 6.09 Å². The quantitative estimate of drug-likeness (QED) is 0.760. The molecule has 0 aromatic carbocycles. The first-order valence-electron chi connectivity index (χ1n) is 6.11. The number of likely N-dealkylation sites (tertiary alicyclic amines) is 1. The summed E-state index contributed by atoms with van der Waals surface area (Å²) >= 11 is 0.